The van der Waals surface area contributed by atoms with Gasteiger partial charge in [-0.05, 0) is 41.5 Å². The average molecular weight is 441 g/mol. The highest BCUT2D eigenvalue weighted by molar-refractivity contribution is 8.76. The maximum absolute atomic E-state index is 11.7. The van der Waals surface area contributed by atoms with Gasteiger partial charge in [0.25, 0.3) is 0 Å². The highest BCUT2D eigenvalue weighted by atomic mass is 33.1. The lowest BCUT2D eigenvalue weighted by molar-refractivity contribution is -0.139. The van der Waals surface area contributed by atoms with Crippen LogP contribution in [0.15, 0.2) is 0 Å². The van der Waals surface area contributed by atoms with E-state index in [4.69, 9.17) is 9.47 Å². The van der Waals surface area contributed by atoms with E-state index in [0.717, 1.165) is 21.6 Å². The number of hydrogen-bond donors (Lipinski definition) is 4. The minimum atomic E-state index is -1.25. The van der Waals surface area contributed by atoms with Gasteiger partial charge in [0.15, 0.2) is 0 Å². The lowest BCUT2D eigenvalue weighted by Crippen LogP contribution is -2.45. The molecule has 0 bridgehead atoms. The molecule has 162 valence electrons. The number of carbonyl (C=O) groups excluding carboxylic acids is 2. The summed E-state index contributed by atoms with van der Waals surface area (Å²) in [6.45, 7) is 9.90. The summed E-state index contributed by atoms with van der Waals surface area (Å²) in [5.74, 6) is -2.56. The molecular formula is C16H28N2O8S2. The van der Waals surface area contributed by atoms with Crippen molar-refractivity contribution in [1.82, 2.24) is 10.6 Å². The van der Waals surface area contributed by atoms with Gasteiger partial charge in [-0.1, -0.05) is 21.6 Å². The Morgan fingerprint density at radius 3 is 1.25 bits per heavy atom. The van der Waals surface area contributed by atoms with E-state index in [-0.39, 0.29) is 11.5 Å². The van der Waals surface area contributed by atoms with Crippen molar-refractivity contribution in [2.75, 3.05) is 11.5 Å². The summed E-state index contributed by atoms with van der Waals surface area (Å²) < 4.78 is 10.0. The van der Waals surface area contributed by atoms with Crippen molar-refractivity contribution < 1.29 is 38.9 Å². The number of rotatable bonds is 9. The van der Waals surface area contributed by atoms with E-state index in [1.807, 2.05) is 0 Å². The SMILES string of the molecule is CC(C)(C)OC(=O)NC(CSSC[C@H](NC(=O)OC(C)(C)C)C(=O)O)C(=O)O. The maximum atomic E-state index is 11.7. The van der Waals surface area contributed by atoms with Gasteiger partial charge in [0.2, 0.25) is 0 Å². The Bertz CT molecular complexity index is 522. The van der Waals surface area contributed by atoms with Crippen molar-refractivity contribution >= 4 is 45.7 Å². The van der Waals surface area contributed by atoms with Crippen LogP contribution in [-0.4, -0.2) is 69.1 Å². The predicted octanol–water partition coefficient (Wildman–Crippen LogP) is 2.32. The van der Waals surface area contributed by atoms with E-state index in [2.05, 4.69) is 10.6 Å². The zero-order valence-electron chi connectivity index (χ0n) is 16.7. The van der Waals surface area contributed by atoms with E-state index in [0.29, 0.717) is 0 Å². The summed E-state index contributed by atoms with van der Waals surface area (Å²) in [5.41, 5.74) is -1.53. The molecule has 10 nitrogen and oxygen atoms in total. The van der Waals surface area contributed by atoms with Crippen LogP contribution in [0, 0.1) is 0 Å². The number of carbonyl (C=O) groups is 4. The predicted molar refractivity (Wildman–Crippen MR) is 107 cm³/mol. The molecule has 12 heteroatoms. The van der Waals surface area contributed by atoms with Crippen molar-refractivity contribution in [3.05, 3.63) is 0 Å². The van der Waals surface area contributed by atoms with Crippen molar-refractivity contribution in [1.29, 1.82) is 0 Å². The Balaban J connectivity index is 4.51. The van der Waals surface area contributed by atoms with Crippen molar-refractivity contribution in [2.45, 2.75) is 64.8 Å². The molecule has 0 radical (unpaired) electrons. The summed E-state index contributed by atoms with van der Waals surface area (Å²) in [7, 11) is 2.09. The molecule has 0 fully saturated rings. The van der Waals surface area contributed by atoms with E-state index < -0.39 is 47.4 Å². The quantitative estimate of drug-likeness (QED) is 0.310. The molecule has 0 heterocycles. The molecule has 0 saturated carbocycles. The first-order chi connectivity index (χ1) is 12.6. The van der Waals surface area contributed by atoms with Crippen LogP contribution >= 0.6 is 21.6 Å². The second-order valence-electron chi connectivity index (χ2n) is 7.64. The zero-order chi connectivity index (χ0) is 22.1. The molecule has 0 aliphatic carbocycles. The Morgan fingerprint density at radius 1 is 0.750 bits per heavy atom. The molecule has 4 N–H and O–H groups in total. The Kier molecular flexibility index (Phi) is 10.5. The zero-order valence-corrected chi connectivity index (χ0v) is 18.4. The summed E-state index contributed by atoms with van der Waals surface area (Å²) in [4.78, 5) is 45.9. The molecule has 0 saturated heterocycles. The molecular weight excluding hydrogens is 412 g/mol. The van der Waals surface area contributed by atoms with Crippen molar-refractivity contribution in [3.63, 3.8) is 0 Å². The van der Waals surface area contributed by atoms with Crippen LogP contribution in [0.5, 0.6) is 0 Å². The van der Waals surface area contributed by atoms with Gasteiger partial charge in [0, 0.05) is 11.5 Å². The monoisotopic (exact) mass is 440 g/mol. The Hall–Kier alpha value is -1.82. The average Bonchev–Trinajstić information content (AvgIpc) is 2.44. The number of carboxylic acids is 2. The Morgan fingerprint density at radius 2 is 1.04 bits per heavy atom. The molecule has 0 aliphatic heterocycles. The molecule has 2 amide bonds. The molecule has 0 aromatic carbocycles. The number of carboxylic acid groups (broad SMARTS) is 2. The third kappa shape index (κ3) is 13.4. The first kappa shape index (κ1) is 26.2. The normalized spacial score (nSPS) is 13.8. The van der Waals surface area contributed by atoms with Crippen molar-refractivity contribution in [3.8, 4) is 0 Å². The van der Waals surface area contributed by atoms with Crippen LogP contribution in [0.4, 0.5) is 9.59 Å². The van der Waals surface area contributed by atoms with Gasteiger partial charge in [0.05, 0.1) is 0 Å². The number of nitrogens with one attached hydrogen (secondary N) is 2. The second kappa shape index (κ2) is 11.2. The maximum Gasteiger partial charge on any atom is 0.408 e. The largest absolute Gasteiger partial charge is 0.480 e. The molecule has 1 unspecified atom stereocenters. The molecule has 28 heavy (non-hydrogen) atoms. The van der Waals surface area contributed by atoms with Crippen molar-refractivity contribution in [2.24, 2.45) is 0 Å². The lowest BCUT2D eigenvalue weighted by atomic mass is 10.2. The topological polar surface area (TPSA) is 151 Å². The number of hydrogen-bond acceptors (Lipinski definition) is 8. The summed E-state index contributed by atoms with van der Waals surface area (Å²) in [6.07, 6.45) is -1.72. The Labute approximate surface area is 171 Å². The number of aliphatic carboxylic acids is 2. The van der Waals surface area contributed by atoms with Gasteiger partial charge < -0.3 is 30.3 Å². The highest BCUT2D eigenvalue weighted by Crippen LogP contribution is 2.23. The van der Waals surface area contributed by atoms with Crippen LogP contribution < -0.4 is 10.6 Å². The summed E-state index contributed by atoms with van der Waals surface area (Å²) in [5, 5.41) is 22.8. The molecule has 2 atom stereocenters. The van der Waals surface area contributed by atoms with Gasteiger partial charge in [-0.15, -0.1) is 0 Å². The summed E-state index contributed by atoms with van der Waals surface area (Å²) in [6, 6.07) is -2.43. The van der Waals surface area contributed by atoms with Gasteiger partial charge in [-0.25, -0.2) is 19.2 Å². The van der Waals surface area contributed by atoms with E-state index >= 15 is 0 Å². The van der Waals surface area contributed by atoms with Crippen LogP contribution in [-0.2, 0) is 19.1 Å². The lowest BCUT2D eigenvalue weighted by Gasteiger charge is -2.22. The van der Waals surface area contributed by atoms with Gasteiger partial charge in [-0.2, -0.15) is 0 Å². The minimum absolute atomic E-state index is 0.0297. The van der Waals surface area contributed by atoms with Crippen LogP contribution in [0.1, 0.15) is 41.5 Å². The molecule has 0 aliphatic rings. The fraction of sp³-hybridized carbons (Fsp3) is 0.750. The van der Waals surface area contributed by atoms with Gasteiger partial charge >= 0.3 is 24.1 Å². The van der Waals surface area contributed by atoms with E-state index in [9.17, 15) is 29.4 Å². The highest BCUT2D eigenvalue weighted by Gasteiger charge is 2.26. The van der Waals surface area contributed by atoms with E-state index in [1.54, 1.807) is 41.5 Å². The fourth-order valence-corrected chi connectivity index (χ4v) is 3.79. The first-order valence-electron chi connectivity index (χ1n) is 8.30. The fourth-order valence-electron chi connectivity index (χ4n) is 1.48. The number of ether oxygens (including phenoxy) is 2. The smallest absolute Gasteiger partial charge is 0.408 e. The van der Waals surface area contributed by atoms with Crippen LogP contribution in [0.2, 0.25) is 0 Å². The molecule has 0 rings (SSSR count). The minimum Gasteiger partial charge on any atom is -0.480 e. The number of alkyl carbamates (subject to hydrolysis) is 2. The number of amides is 2. The molecule has 0 aromatic rings. The third-order valence-electron chi connectivity index (χ3n) is 2.53. The van der Waals surface area contributed by atoms with Gasteiger partial charge in [0.1, 0.15) is 23.3 Å². The van der Waals surface area contributed by atoms with Crippen LogP contribution in [0.3, 0.4) is 0 Å². The van der Waals surface area contributed by atoms with Gasteiger partial charge in [-0.3, -0.25) is 0 Å². The third-order valence-corrected chi connectivity index (χ3v) is 4.95. The molecule has 0 aromatic heterocycles. The molecule has 0 spiro atoms. The standard InChI is InChI=1S/C16H28N2O8S2/c1-15(2,3)25-13(23)17-9(11(19)20)7-27-28-8-10(12(21)22)18-14(24)26-16(4,5)6/h9-10H,7-8H2,1-6H3,(H,17,23)(H,18,24)(H,19,20)(H,21,22)/t9-,10?/m0/s1. The van der Waals surface area contributed by atoms with Crippen LogP contribution in [0.25, 0.3) is 0 Å². The first-order valence-corrected chi connectivity index (χ1v) is 10.8. The second-order valence-corrected chi connectivity index (χ2v) is 10.2. The van der Waals surface area contributed by atoms with E-state index in [1.165, 1.54) is 0 Å². The summed E-state index contributed by atoms with van der Waals surface area (Å²) >= 11 is 0.